The van der Waals surface area contributed by atoms with E-state index in [0.29, 0.717) is 16.5 Å². The average Bonchev–Trinajstić information content (AvgIpc) is 2.85. The first kappa shape index (κ1) is 16.0. The fraction of sp³-hybridized carbons (Fsp3) is 0.118. The van der Waals surface area contributed by atoms with Crippen LogP contribution in [0.5, 0.6) is 0 Å². The first-order valence-electron chi connectivity index (χ1n) is 6.93. The van der Waals surface area contributed by atoms with Crippen molar-refractivity contribution in [2.24, 2.45) is 0 Å². The number of hydrogen-bond donors (Lipinski definition) is 1. The van der Waals surface area contributed by atoms with E-state index in [0.717, 1.165) is 18.2 Å². The first-order chi connectivity index (χ1) is 11.3. The average molecular weight is 337 g/mol. The van der Waals surface area contributed by atoms with Gasteiger partial charge in [-0.15, -0.1) is 0 Å². The van der Waals surface area contributed by atoms with Crippen molar-refractivity contribution in [1.29, 1.82) is 0 Å². The number of benzene rings is 2. The highest BCUT2D eigenvalue weighted by Gasteiger charge is 2.29. The third-order valence-electron chi connectivity index (χ3n) is 3.71. The Hall–Kier alpha value is -2.83. The summed E-state index contributed by atoms with van der Waals surface area (Å²) in [6.07, 6.45) is -3.07. The lowest BCUT2D eigenvalue weighted by Crippen LogP contribution is -2.05. The molecule has 0 atom stereocenters. The molecule has 2 aromatic carbocycles. The molecule has 0 aliphatic carbocycles. The molecule has 3 aromatic rings. The minimum absolute atomic E-state index is 0.0110. The summed E-state index contributed by atoms with van der Waals surface area (Å²) >= 11 is 0. The topological polar surface area (TPSA) is 42.2 Å². The minimum Gasteiger partial charge on any atom is -0.478 e. The Bertz CT molecular complexity index is 911. The number of halogens is 4. The molecule has 0 fully saturated rings. The van der Waals surface area contributed by atoms with E-state index in [1.165, 1.54) is 35.0 Å². The highest BCUT2D eigenvalue weighted by Crippen LogP contribution is 2.29. The van der Waals surface area contributed by atoms with Crippen LogP contribution in [0.15, 0.2) is 48.7 Å². The normalized spacial score (nSPS) is 11.8. The van der Waals surface area contributed by atoms with Gasteiger partial charge in [0.05, 0.1) is 16.6 Å². The van der Waals surface area contributed by atoms with Gasteiger partial charge in [0, 0.05) is 18.1 Å². The molecule has 0 unspecified atom stereocenters. The van der Waals surface area contributed by atoms with E-state index in [2.05, 4.69) is 0 Å². The molecule has 1 heterocycles. The van der Waals surface area contributed by atoms with Gasteiger partial charge in [-0.05, 0) is 35.9 Å². The maximum atomic E-state index is 13.5. The van der Waals surface area contributed by atoms with E-state index < -0.39 is 23.5 Å². The van der Waals surface area contributed by atoms with Crippen molar-refractivity contribution in [3.63, 3.8) is 0 Å². The van der Waals surface area contributed by atoms with Crippen LogP contribution in [0.3, 0.4) is 0 Å². The van der Waals surface area contributed by atoms with Crippen LogP contribution >= 0.6 is 0 Å². The van der Waals surface area contributed by atoms with Crippen LogP contribution in [0, 0.1) is 5.82 Å². The lowest BCUT2D eigenvalue weighted by atomic mass is 10.1. The standard InChI is InChI=1S/C17H11F4NO2/c18-12-5-6-13-14(16(23)24)9-22(15(13)7-12)8-10-1-3-11(4-2-10)17(19,20)21/h1-7,9H,8H2,(H,23,24). The van der Waals surface area contributed by atoms with Crippen molar-refractivity contribution in [3.8, 4) is 0 Å². The summed E-state index contributed by atoms with van der Waals surface area (Å²) in [7, 11) is 0. The Morgan fingerprint density at radius 2 is 1.75 bits per heavy atom. The maximum absolute atomic E-state index is 13.5. The van der Waals surface area contributed by atoms with Crippen molar-refractivity contribution in [2.75, 3.05) is 0 Å². The predicted octanol–water partition coefficient (Wildman–Crippen LogP) is 4.55. The molecule has 24 heavy (non-hydrogen) atoms. The van der Waals surface area contributed by atoms with Gasteiger partial charge in [-0.25, -0.2) is 9.18 Å². The number of hydrogen-bond acceptors (Lipinski definition) is 1. The van der Waals surface area contributed by atoms with E-state index in [-0.39, 0.29) is 12.1 Å². The number of fused-ring (bicyclic) bond motifs is 1. The largest absolute Gasteiger partial charge is 0.478 e. The molecular formula is C17H11F4NO2. The number of aromatic carboxylic acids is 1. The monoisotopic (exact) mass is 337 g/mol. The fourth-order valence-electron chi connectivity index (χ4n) is 2.56. The van der Waals surface area contributed by atoms with Gasteiger partial charge in [-0.2, -0.15) is 13.2 Å². The molecule has 1 aromatic heterocycles. The molecule has 0 bridgehead atoms. The molecule has 0 amide bonds. The van der Waals surface area contributed by atoms with E-state index in [9.17, 15) is 27.5 Å². The van der Waals surface area contributed by atoms with Crippen LogP contribution in [-0.2, 0) is 12.7 Å². The lowest BCUT2D eigenvalue weighted by molar-refractivity contribution is -0.137. The van der Waals surface area contributed by atoms with Crippen molar-refractivity contribution >= 4 is 16.9 Å². The van der Waals surface area contributed by atoms with Crippen LogP contribution in [-0.4, -0.2) is 15.6 Å². The Morgan fingerprint density at radius 3 is 2.33 bits per heavy atom. The molecule has 0 spiro atoms. The number of rotatable bonds is 3. The molecule has 7 heteroatoms. The molecule has 1 N–H and O–H groups in total. The summed E-state index contributed by atoms with van der Waals surface area (Å²) in [6.45, 7) is 0.130. The number of carboxylic acid groups (broad SMARTS) is 1. The zero-order valence-electron chi connectivity index (χ0n) is 12.1. The third-order valence-corrected chi connectivity index (χ3v) is 3.71. The molecule has 0 saturated carbocycles. The van der Waals surface area contributed by atoms with Gasteiger partial charge in [0.2, 0.25) is 0 Å². The molecule has 0 saturated heterocycles. The Morgan fingerprint density at radius 1 is 1.08 bits per heavy atom. The predicted molar refractivity (Wildman–Crippen MR) is 79.4 cm³/mol. The fourth-order valence-corrected chi connectivity index (χ4v) is 2.56. The summed E-state index contributed by atoms with van der Waals surface area (Å²) in [5, 5.41) is 9.60. The van der Waals surface area contributed by atoms with E-state index in [4.69, 9.17) is 0 Å². The van der Waals surface area contributed by atoms with Crippen molar-refractivity contribution in [3.05, 3.63) is 71.2 Å². The lowest BCUT2D eigenvalue weighted by Gasteiger charge is -2.09. The first-order valence-corrected chi connectivity index (χ1v) is 6.93. The molecule has 3 rings (SSSR count). The number of carboxylic acids is 1. The summed E-state index contributed by atoms with van der Waals surface area (Å²) in [5.41, 5.74) is 0.159. The van der Waals surface area contributed by atoms with Gasteiger partial charge >= 0.3 is 12.1 Å². The highest BCUT2D eigenvalue weighted by atomic mass is 19.4. The zero-order chi connectivity index (χ0) is 17.5. The maximum Gasteiger partial charge on any atom is 0.416 e. The number of aromatic nitrogens is 1. The van der Waals surface area contributed by atoms with Crippen molar-refractivity contribution < 1.29 is 27.5 Å². The van der Waals surface area contributed by atoms with Crippen molar-refractivity contribution in [2.45, 2.75) is 12.7 Å². The van der Waals surface area contributed by atoms with Gasteiger partial charge in [-0.3, -0.25) is 0 Å². The zero-order valence-corrected chi connectivity index (χ0v) is 12.1. The number of carbonyl (C=O) groups is 1. The van der Waals surface area contributed by atoms with Crippen LogP contribution in [0.25, 0.3) is 10.9 Å². The second kappa shape index (κ2) is 5.67. The molecule has 3 nitrogen and oxygen atoms in total. The Kier molecular flexibility index (Phi) is 3.79. The highest BCUT2D eigenvalue weighted by molar-refractivity contribution is 6.03. The SMILES string of the molecule is O=C(O)c1cn(Cc2ccc(C(F)(F)F)cc2)c2cc(F)ccc12. The summed E-state index contributed by atoms with van der Waals surface area (Å²) < 4.78 is 52.7. The number of alkyl halides is 3. The van der Waals surface area contributed by atoms with Gasteiger partial charge in [-0.1, -0.05) is 12.1 Å². The van der Waals surface area contributed by atoms with Crippen LogP contribution in [0.4, 0.5) is 17.6 Å². The van der Waals surface area contributed by atoms with E-state index in [1.54, 1.807) is 0 Å². The summed E-state index contributed by atoms with van der Waals surface area (Å²) in [5.74, 6) is -1.68. The molecule has 0 aliphatic rings. The number of nitrogens with zero attached hydrogens (tertiary/aromatic N) is 1. The smallest absolute Gasteiger partial charge is 0.416 e. The van der Waals surface area contributed by atoms with Crippen molar-refractivity contribution in [1.82, 2.24) is 4.57 Å². The second-order valence-electron chi connectivity index (χ2n) is 5.33. The molecule has 0 aliphatic heterocycles. The van der Waals surface area contributed by atoms with Gasteiger partial charge < -0.3 is 9.67 Å². The van der Waals surface area contributed by atoms with Crippen LogP contribution in [0.2, 0.25) is 0 Å². The molecule has 124 valence electrons. The minimum atomic E-state index is -4.42. The van der Waals surface area contributed by atoms with Crippen LogP contribution < -0.4 is 0 Å². The Labute approximate surface area is 133 Å². The molecule has 0 radical (unpaired) electrons. The Balaban J connectivity index is 2.01. The van der Waals surface area contributed by atoms with E-state index in [1.807, 2.05) is 0 Å². The quantitative estimate of drug-likeness (QED) is 0.713. The van der Waals surface area contributed by atoms with Gasteiger partial charge in [0.25, 0.3) is 0 Å². The summed E-state index contributed by atoms with van der Waals surface area (Å²) in [4.78, 5) is 11.3. The third kappa shape index (κ3) is 2.97. The van der Waals surface area contributed by atoms with Crippen LogP contribution in [0.1, 0.15) is 21.5 Å². The van der Waals surface area contributed by atoms with E-state index >= 15 is 0 Å². The molecular weight excluding hydrogens is 326 g/mol. The van der Waals surface area contributed by atoms with Gasteiger partial charge in [0.1, 0.15) is 5.82 Å². The van der Waals surface area contributed by atoms with Gasteiger partial charge in [0.15, 0.2) is 0 Å². The second-order valence-corrected chi connectivity index (χ2v) is 5.33. The summed E-state index contributed by atoms with van der Waals surface area (Å²) in [6, 6.07) is 8.28.